The van der Waals surface area contributed by atoms with Crippen LogP contribution in [0.3, 0.4) is 0 Å². The number of hydrogen-bond donors (Lipinski definition) is 0. The van der Waals surface area contributed by atoms with Gasteiger partial charge >= 0.3 is 267 Å². The average molecular weight is 775 g/mol. The Morgan fingerprint density at radius 2 is 0.783 bits per heavy atom. The van der Waals surface area contributed by atoms with E-state index in [1.54, 1.807) is 13.1 Å². The van der Waals surface area contributed by atoms with E-state index in [0.29, 0.717) is 0 Å². The molecular weight excluding hydrogens is 739 g/mol. The molecule has 0 nitrogen and oxygen atoms in total. The molecule has 0 saturated carbocycles. The Hall–Kier alpha value is -3.19. The monoisotopic (exact) mass is 774 g/mol. The molecule has 2 aliphatic carbocycles. The third-order valence-electron chi connectivity index (χ3n) is 10.2. The Morgan fingerprint density at radius 3 is 1.22 bits per heavy atom. The van der Waals surface area contributed by atoms with Crippen LogP contribution in [0.2, 0.25) is 0 Å². The average Bonchev–Trinajstić information content (AvgIpc) is 3.81. The SMILES string of the molecule is Cl.Cl.[GeH2]=[Zr]([C]1=CC(c2cccc3ccccc23)=CC1)([C]1=CC(c2cccc3ccccc23)=CC1)([c]1ccccc1)[c]1ccccc1. The van der Waals surface area contributed by atoms with Gasteiger partial charge in [0.15, 0.2) is 0 Å². The second-order valence-electron chi connectivity index (χ2n) is 12.3. The fraction of sp³-hybridized carbons (Fsp3) is 0.0476. The van der Waals surface area contributed by atoms with Crippen LogP contribution in [0.4, 0.5) is 0 Å². The summed E-state index contributed by atoms with van der Waals surface area (Å²) in [6.45, 7) is 0. The fourth-order valence-corrected chi connectivity index (χ4v) is 34.9. The standard InChI is InChI=1S/2C15H11.2C6H5.2ClH.GeH2.Zr/c2*1-2-7-12(6-1)15-11-5-9-13-8-3-4-10-14(13)15;2*1-2-4-6-5-3-1;;;;/h2*3-11H,1H2;2*1-5H;2*1H;1H2;. The van der Waals surface area contributed by atoms with E-state index in [0.717, 1.165) is 12.8 Å². The van der Waals surface area contributed by atoms with Crippen LogP contribution < -0.4 is 6.54 Å². The zero-order valence-electron chi connectivity index (χ0n) is 25.6. The van der Waals surface area contributed by atoms with Gasteiger partial charge < -0.3 is 0 Å². The van der Waals surface area contributed by atoms with Crippen molar-refractivity contribution in [2.24, 2.45) is 0 Å². The Labute approximate surface area is 289 Å². The van der Waals surface area contributed by atoms with Crippen LogP contribution in [-0.4, -0.2) is 12.1 Å². The predicted molar refractivity (Wildman–Crippen MR) is 204 cm³/mol. The number of allylic oxidation sites excluding steroid dienone is 8. The van der Waals surface area contributed by atoms with Gasteiger partial charge in [-0.05, 0) is 0 Å². The van der Waals surface area contributed by atoms with Crippen LogP contribution in [0, 0.1) is 0 Å². The van der Waals surface area contributed by atoms with E-state index in [2.05, 4.69) is 170 Å². The molecule has 6 aromatic carbocycles. The van der Waals surface area contributed by atoms with Crippen molar-refractivity contribution in [1.29, 1.82) is 0 Å². The molecule has 0 unspecified atom stereocenters. The van der Waals surface area contributed by atoms with Gasteiger partial charge in [-0.15, -0.1) is 24.8 Å². The summed E-state index contributed by atoms with van der Waals surface area (Å²) in [7, 11) is 0. The first-order chi connectivity index (χ1) is 21.6. The molecule has 0 fully saturated rings. The molecule has 0 aliphatic heterocycles. The maximum atomic E-state index is 2.62. The van der Waals surface area contributed by atoms with Gasteiger partial charge in [0.1, 0.15) is 0 Å². The summed E-state index contributed by atoms with van der Waals surface area (Å²) in [6, 6.07) is 54.4. The van der Waals surface area contributed by atoms with Crippen LogP contribution in [0.1, 0.15) is 24.0 Å². The van der Waals surface area contributed by atoms with E-state index >= 15 is 0 Å². The number of hydrogen-bond acceptors (Lipinski definition) is 0. The predicted octanol–water partition coefficient (Wildman–Crippen LogP) is 9.77. The molecule has 4 heteroatoms. The van der Waals surface area contributed by atoms with Crippen LogP contribution in [0.25, 0.3) is 32.7 Å². The third-order valence-corrected chi connectivity index (χ3v) is 48.2. The van der Waals surface area contributed by atoms with Gasteiger partial charge in [0.2, 0.25) is 0 Å². The first kappa shape index (κ1) is 32.7. The van der Waals surface area contributed by atoms with Gasteiger partial charge in [0.25, 0.3) is 0 Å². The Morgan fingerprint density at radius 1 is 0.413 bits per heavy atom. The Bertz CT molecular complexity index is 2100. The number of halogens is 2. The van der Waals surface area contributed by atoms with Crippen molar-refractivity contribution < 1.29 is 15.7 Å². The van der Waals surface area contributed by atoms with Crippen LogP contribution in [-0.2, 0) is 15.7 Å². The topological polar surface area (TPSA) is 0 Å². The third kappa shape index (κ3) is 5.08. The van der Waals surface area contributed by atoms with E-state index in [1.807, 2.05) is 0 Å². The van der Waals surface area contributed by atoms with Crippen molar-refractivity contribution in [3.63, 3.8) is 0 Å². The van der Waals surface area contributed by atoms with Gasteiger partial charge in [-0.2, -0.15) is 0 Å². The molecule has 6 aromatic rings. The minimum absolute atomic E-state index is 0. The fourth-order valence-electron chi connectivity index (χ4n) is 7.88. The van der Waals surface area contributed by atoms with Crippen molar-refractivity contribution in [1.82, 2.24) is 0 Å². The van der Waals surface area contributed by atoms with Crippen molar-refractivity contribution in [3.05, 3.63) is 188 Å². The zero-order valence-corrected chi connectivity index (χ0v) is 32.7. The second kappa shape index (κ2) is 13.1. The molecule has 0 spiro atoms. The first-order valence-corrected chi connectivity index (χ1v) is 31.0. The Balaban J connectivity index is 0.00000186. The molecular formula is C42H36Cl2GeZr. The molecule has 2 aliphatic rings. The normalized spacial score (nSPS) is 14.5. The molecule has 8 rings (SSSR count). The van der Waals surface area contributed by atoms with Crippen molar-refractivity contribution in [2.75, 3.05) is 0 Å². The van der Waals surface area contributed by atoms with Crippen molar-refractivity contribution in [2.45, 2.75) is 12.8 Å². The molecule has 0 saturated heterocycles. The van der Waals surface area contributed by atoms with Gasteiger partial charge in [0.05, 0.1) is 0 Å². The van der Waals surface area contributed by atoms with Gasteiger partial charge in [-0.3, -0.25) is 0 Å². The quantitative estimate of drug-likeness (QED) is 0.148. The molecule has 0 radical (unpaired) electrons. The van der Waals surface area contributed by atoms with E-state index < -0.39 is 15.7 Å². The molecule has 0 atom stereocenters. The molecule has 226 valence electrons. The summed E-state index contributed by atoms with van der Waals surface area (Å²) < 4.78 is 6.48. The molecule has 0 amide bonds. The molecule has 0 N–H and O–H groups in total. The summed E-state index contributed by atoms with van der Waals surface area (Å²) >= 11 is -3.02. The van der Waals surface area contributed by atoms with E-state index in [-0.39, 0.29) is 24.8 Å². The van der Waals surface area contributed by atoms with Crippen LogP contribution in [0.15, 0.2) is 176 Å². The summed E-state index contributed by atoms with van der Waals surface area (Å²) in [6.07, 6.45) is 12.3. The minimum atomic E-state index is -4.27. The van der Waals surface area contributed by atoms with Gasteiger partial charge in [0, 0.05) is 0 Å². The first-order valence-electron chi connectivity index (χ1n) is 15.6. The summed E-state index contributed by atoms with van der Waals surface area (Å²) in [5, 5.41) is 5.27. The van der Waals surface area contributed by atoms with Gasteiger partial charge in [-0.25, -0.2) is 0 Å². The van der Waals surface area contributed by atoms with E-state index in [4.69, 9.17) is 0 Å². The number of rotatable bonds is 6. The summed E-state index contributed by atoms with van der Waals surface area (Å²) in [5.41, 5.74) is 5.44. The van der Waals surface area contributed by atoms with Crippen LogP contribution >= 0.6 is 24.8 Å². The summed E-state index contributed by atoms with van der Waals surface area (Å²) in [4.78, 5) is 0. The van der Waals surface area contributed by atoms with Crippen molar-refractivity contribution >= 4 is 76.2 Å². The molecule has 46 heavy (non-hydrogen) atoms. The van der Waals surface area contributed by atoms with Crippen LogP contribution in [0.5, 0.6) is 0 Å². The molecule has 0 aromatic heterocycles. The van der Waals surface area contributed by atoms with E-state index in [1.165, 1.54) is 56.0 Å². The number of fused-ring (bicyclic) bond motifs is 2. The molecule has 0 bridgehead atoms. The zero-order chi connectivity index (χ0) is 29.6. The Kier molecular flexibility index (Phi) is 9.35. The van der Waals surface area contributed by atoms with Gasteiger partial charge in [-0.1, -0.05) is 0 Å². The summed E-state index contributed by atoms with van der Waals surface area (Å²) in [5.74, 6) is 0. The van der Waals surface area contributed by atoms with Crippen molar-refractivity contribution in [3.8, 4) is 0 Å². The maximum absolute atomic E-state index is 4.27. The van der Waals surface area contributed by atoms with E-state index in [9.17, 15) is 0 Å². The second-order valence-corrected chi connectivity index (χ2v) is 43.0. The number of benzene rings is 6. The molecule has 0 heterocycles.